The lowest BCUT2D eigenvalue weighted by Crippen LogP contribution is -2.26. The molecule has 0 atom stereocenters. The maximum absolute atomic E-state index is 12.2. The van der Waals surface area contributed by atoms with Crippen molar-refractivity contribution in [3.05, 3.63) is 34.1 Å². The van der Waals surface area contributed by atoms with E-state index in [0.717, 1.165) is 18.7 Å². The minimum atomic E-state index is -0.335. The second kappa shape index (κ2) is 6.39. The minimum absolute atomic E-state index is 0.143. The first-order valence-corrected chi connectivity index (χ1v) is 6.93. The molecule has 0 bridgehead atoms. The van der Waals surface area contributed by atoms with Crippen molar-refractivity contribution in [2.45, 2.75) is 20.3 Å². The molecule has 0 amide bonds. The van der Waals surface area contributed by atoms with Crippen molar-refractivity contribution < 1.29 is 9.53 Å². The van der Waals surface area contributed by atoms with Crippen LogP contribution in [-0.2, 0) is 16.0 Å². The third-order valence-corrected chi connectivity index (χ3v) is 3.40. The summed E-state index contributed by atoms with van der Waals surface area (Å²) >= 11 is 0. The molecule has 0 unspecified atom stereocenters. The average molecular weight is 289 g/mol. The van der Waals surface area contributed by atoms with Gasteiger partial charge in [0.2, 0.25) is 5.95 Å². The van der Waals surface area contributed by atoms with E-state index in [0.29, 0.717) is 16.9 Å². The van der Waals surface area contributed by atoms with Crippen LogP contribution in [0.1, 0.15) is 19.4 Å². The van der Waals surface area contributed by atoms with Crippen LogP contribution in [0, 0.1) is 0 Å². The number of nitrogens with zero attached hydrogens (tertiary/aromatic N) is 2. The number of benzene rings is 1. The molecule has 0 aliphatic rings. The zero-order chi connectivity index (χ0) is 15.4. The van der Waals surface area contributed by atoms with Crippen molar-refractivity contribution in [1.82, 2.24) is 9.97 Å². The Morgan fingerprint density at radius 2 is 2.05 bits per heavy atom. The van der Waals surface area contributed by atoms with Crippen LogP contribution in [0.2, 0.25) is 0 Å². The van der Waals surface area contributed by atoms with Gasteiger partial charge in [0.15, 0.2) is 0 Å². The van der Waals surface area contributed by atoms with Gasteiger partial charge in [0.25, 0.3) is 5.56 Å². The highest BCUT2D eigenvalue weighted by Crippen LogP contribution is 2.14. The fraction of sp³-hybridized carbons (Fsp3) is 0.400. The van der Waals surface area contributed by atoms with E-state index in [4.69, 9.17) is 0 Å². The summed E-state index contributed by atoms with van der Waals surface area (Å²) in [6, 6.07) is 5.23. The number of nitrogens with one attached hydrogen (secondary N) is 1. The van der Waals surface area contributed by atoms with Crippen LogP contribution >= 0.6 is 0 Å². The van der Waals surface area contributed by atoms with Gasteiger partial charge in [-0.2, -0.15) is 0 Å². The number of ether oxygens (including phenoxy) is 1. The molecule has 1 aromatic carbocycles. The largest absolute Gasteiger partial charge is 0.469 e. The lowest BCUT2D eigenvalue weighted by Gasteiger charge is -2.19. The van der Waals surface area contributed by atoms with Crippen LogP contribution in [0.4, 0.5) is 5.95 Å². The third kappa shape index (κ3) is 3.21. The first-order valence-electron chi connectivity index (χ1n) is 6.93. The molecule has 0 saturated carbocycles. The summed E-state index contributed by atoms with van der Waals surface area (Å²) in [5.74, 6) is 0.233. The SMILES string of the molecule is CCN(CC)c1nc2ccc(CC(=O)OC)cc2c(=O)[nH]1. The maximum Gasteiger partial charge on any atom is 0.309 e. The summed E-state index contributed by atoms with van der Waals surface area (Å²) < 4.78 is 4.63. The van der Waals surface area contributed by atoms with E-state index < -0.39 is 0 Å². The predicted molar refractivity (Wildman–Crippen MR) is 81.6 cm³/mol. The molecular formula is C15H19N3O3. The third-order valence-electron chi connectivity index (χ3n) is 3.40. The van der Waals surface area contributed by atoms with Gasteiger partial charge < -0.3 is 9.64 Å². The quantitative estimate of drug-likeness (QED) is 0.844. The molecule has 0 spiro atoms. The topological polar surface area (TPSA) is 75.3 Å². The highest BCUT2D eigenvalue weighted by molar-refractivity contribution is 5.81. The molecule has 0 radical (unpaired) electrons. The summed E-state index contributed by atoms with van der Waals surface area (Å²) in [4.78, 5) is 32.7. The summed E-state index contributed by atoms with van der Waals surface area (Å²) in [6.45, 7) is 5.55. The van der Waals surface area contributed by atoms with E-state index in [1.54, 1.807) is 18.2 Å². The highest BCUT2D eigenvalue weighted by atomic mass is 16.5. The number of H-pyrrole nitrogens is 1. The number of hydrogen-bond acceptors (Lipinski definition) is 5. The predicted octanol–water partition coefficient (Wildman–Crippen LogP) is 1.48. The first kappa shape index (κ1) is 15.0. The van der Waals surface area contributed by atoms with Gasteiger partial charge in [0, 0.05) is 13.1 Å². The molecule has 6 heteroatoms. The fourth-order valence-corrected chi connectivity index (χ4v) is 2.20. The maximum atomic E-state index is 12.2. The number of fused-ring (bicyclic) bond motifs is 1. The van der Waals surface area contributed by atoms with Crippen molar-refractivity contribution in [3.63, 3.8) is 0 Å². The highest BCUT2D eigenvalue weighted by Gasteiger charge is 2.10. The zero-order valence-electron chi connectivity index (χ0n) is 12.5. The number of carbonyl (C=O) groups excluding carboxylic acids is 1. The summed E-state index contributed by atoms with van der Waals surface area (Å²) in [5.41, 5.74) is 1.15. The molecule has 21 heavy (non-hydrogen) atoms. The minimum Gasteiger partial charge on any atom is -0.469 e. The molecule has 112 valence electrons. The Bertz CT molecular complexity index is 705. The molecule has 1 N–H and O–H groups in total. The Kier molecular flexibility index (Phi) is 4.57. The molecule has 2 aromatic rings. The van der Waals surface area contributed by atoms with Crippen LogP contribution in [0.15, 0.2) is 23.0 Å². The molecule has 6 nitrogen and oxygen atoms in total. The Morgan fingerprint density at radius 1 is 1.33 bits per heavy atom. The first-order chi connectivity index (χ1) is 10.1. The second-order valence-electron chi connectivity index (χ2n) is 4.67. The number of hydrogen-bond donors (Lipinski definition) is 1. The van der Waals surface area contributed by atoms with Gasteiger partial charge in [-0.25, -0.2) is 4.98 Å². The zero-order valence-corrected chi connectivity index (χ0v) is 12.5. The number of aromatic amines is 1. The van der Waals surface area contributed by atoms with Crippen molar-refractivity contribution in [1.29, 1.82) is 0 Å². The monoisotopic (exact) mass is 289 g/mol. The Morgan fingerprint density at radius 3 is 2.67 bits per heavy atom. The van der Waals surface area contributed by atoms with Crippen LogP contribution in [0.25, 0.3) is 10.9 Å². The smallest absolute Gasteiger partial charge is 0.309 e. The van der Waals surface area contributed by atoms with E-state index in [-0.39, 0.29) is 17.9 Å². The van der Waals surface area contributed by atoms with Gasteiger partial charge >= 0.3 is 5.97 Å². The average Bonchev–Trinajstić information content (AvgIpc) is 2.49. The van der Waals surface area contributed by atoms with Crippen molar-refractivity contribution in [2.75, 3.05) is 25.1 Å². The number of esters is 1. The molecular weight excluding hydrogens is 270 g/mol. The van der Waals surface area contributed by atoms with Gasteiger partial charge in [0.05, 0.1) is 24.4 Å². The lowest BCUT2D eigenvalue weighted by atomic mass is 10.1. The lowest BCUT2D eigenvalue weighted by molar-refractivity contribution is -0.139. The van der Waals surface area contributed by atoms with Gasteiger partial charge in [-0.15, -0.1) is 0 Å². The normalized spacial score (nSPS) is 10.6. The number of anilines is 1. The Hall–Kier alpha value is -2.37. The van der Waals surface area contributed by atoms with E-state index in [9.17, 15) is 9.59 Å². The summed E-state index contributed by atoms with van der Waals surface area (Å²) in [7, 11) is 1.34. The van der Waals surface area contributed by atoms with E-state index in [1.165, 1.54) is 7.11 Å². The Labute approximate surface area is 122 Å². The van der Waals surface area contributed by atoms with Crippen LogP contribution in [0.3, 0.4) is 0 Å². The number of rotatable bonds is 5. The van der Waals surface area contributed by atoms with Gasteiger partial charge in [-0.3, -0.25) is 14.6 Å². The number of methoxy groups -OCH3 is 1. The van der Waals surface area contributed by atoms with Crippen molar-refractivity contribution in [2.24, 2.45) is 0 Å². The number of aromatic nitrogens is 2. The van der Waals surface area contributed by atoms with Crippen molar-refractivity contribution >= 4 is 22.8 Å². The van der Waals surface area contributed by atoms with Crippen LogP contribution < -0.4 is 10.5 Å². The molecule has 0 fully saturated rings. The van der Waals surface area contributed by atoms with E-state index >= 15 is 0 Å². The second-order valence-corrected chi connectivity index (χ2v) is 4.67. The van der Waals surface area contributed by atoms with Gasteiger partial charge in [-0.05, 0) is 31.5 Å². The molecule has 0 saturated heterocycles. The molecule has 0 aliphatic carbocycles. The van der Waals surface area contributed by atoms with Crippen LogP contribution in [0.5, 0.6) is 0 Å². The summed E-state index contributed by atoms with van der Waals surface area (Å²) in [6.07, 6.45) is 0.143. The van der Waals surface area contributed by atoms with E-state index in [2.05, 4.69) is 14.7 Å². The Balaban J connectivity index is 2.46. The standard InChI is InChI=1S/C15H19N3O3/c1-4-18(5-2)15-16-12-7-6-10(9-13(19)21-3)8-11(12)14(20)17-15/h6-8H,4-5,9H2,1-3H3,(H,16,17,20). The van der Waals surface area contributed by atoms with Gasteiger partial charge in [-0.1, -0.05) is 6.07 Å². The molecule has 2 rings (SSSR count). The number of carbonyl (C=O) groups is 1. The fourth-order valence-electron chi connectivity index (χ4n) is 2.20. The van der Waals surface area contributed by atoms with Gasteiger partial charge in [0.1, 0.15) is 0 Å². The van der Waals surface area contributed by atoms with E-state index in [1.807, 2.05) is 18.7 Å². The molecule has 1 heterocycles. The molecule has 0 aliphatic heterocycles. The molecule has 1 aromatic heterocycles. The van der Waals surface area contributed by atoms with Crippen molar-refractivity contribution in [3.8, 4) is 0 Å². The summed E-state index contributed by atoms with van der Waals surface area (Å²) in [5, 5.41) is 0.479. The van der Waals surface area contributed by atoms with Crippen LogP contribution in [-0.4, -0.2) is 36.1 Å².